The van der Waals surface area contributed by atoms with Gasteiger partial charge in [-0.2, -0.15) is 0 Å². The van der Waals surface area contributed by atoms with Gasteiger partial charge in [0.05, 0.1) is 0 Å². The lowest BCUT2D eigenvalue weighted by molar-refractivity contribution is -0.123. The topological polar surface area (TPSA) is 47.6 Å². The third kappa shape index (κ3) is 4.57. The molecule has 4 nitrogen and oxygen atoms in total. The third-order valence-corrected chi connectivity index (χ3v) is 4.63. The molecular weight excluding hydrogens is 321 g/mol. The zero-order chi connectivity index (χ0) is 17.5. The van der Waals surface area contributed by atoms with Gasteiger partial charge in [0.15, 0.2) is 6.61 Å². The minimum atomic E-state index is -0.386. The van der Waals surface area contributed by atoms with Crippen LogP contribution in [0.25, 0.3) is 0 Å². The zero-order valence-corrected chi connectivity index (χ0v) is 14.0. The van der Waals surface area contributed by atoms with Crippen LogP contribution in [0, 0.1) is 5.82 Å². The molecule has 0 radical (unpaired) electrons. The molecule has 2 aromatic rings. The normalized spacial score (nSPS) is 16.2. The summed E-state index contributed by atoms with van der Waals surface area (Å²) in [6.45, 7) is 1.77. The summed E-state index contributed by atoms with van der Waals surface area (Å²) in [5.41, 5.74) is 1.10. The monoisotopic (exact) mass is 343 g/mol. The second-order valence-electron chi connectivity index (χ2n) is 6.28. The van der Waals surface area contributed by atoms with E-state index in [1.54, 1.807) is 12.1 Å². The molecule has 3 rings (SSSR count). The van der Waals surface area contributed by atoms with E-state index in [1.807, 2.05) is 18.2 Å². The van der Waals surface area contributed by atoms with Crippen LogP contribution in [0.1, 0.15) is 18.4 Å². The zero-order valence-electron chi connectivity index (χ0n) is 14.0. The minimum Gasteiger partial charge on any atom is -0.484 e. The van der Waals surface area contributed by atoms with Crippen molar-refractivity contribution in [3.8, 4) is 5.75 Å². The molecule has 25 heavy (non-hydrogen) atoms. The first-order valence-corrected chi connectivity index (χ1v) is 8.46. The number of hydrogen-bond donors (Lipinski definition) is 1. The fourth-order valence-electron chi connectivity index (χ4n) is 3.15. The number of carbonyl (C=O) groups is 1. The maximum absolute atomic E-state index is 13.1. The highest BCUT2D eigenvalue weighted by atomic mass is 19.1. The third-order valence-electron chi connectivity index (χ3n) is 4.63. The SMILES string of the molecule is O=C(COc1cccc(F)c1)NCC1(c2ccccc2)CCOCC1. The first kappa shape index (κ1) is 17.4. The van der Waals surface area contributed by atoms with Crippen LogP contribution in [-0.4, -0.2) is 32.3 Å². The number of rotatable bonds is 6. The molecule has 1 heterocycles. The van der Waals surface area contributed by atoms with Crippen molar-refractivity contribution < 1.29 is 18.7 Å². The highest BCUT2D eigenvalue weighted by molar-refractivity contribution is 5.77. The van der Waals surface area contributed by atoms with Crippen LogP contribution in [0.2, 0.25) is 0 Å². The smallest absolute Gasteiger partial charge is 0.257 e. The van der Waals surface area contributed by atoms with Crippen LogP contribution >= 0.6 is 0 Å². The quantitative estimate of drug-likeness (QED) is 0.877. The number of ether oxygens (including phenoxy) is 2. The molecule has 0 aliphatic carbocycles. The average Bonchev–Trinajstić information content (AvgIpc) is 2.66. The van der Waals surface area contributed by atoms with Crippen LogP contribution < -0.4 is 10.1 Å². The Hall–Kier alpha value is -2.40. The summed E-state index contributed by atoms with van der Waals surface area (Å²) in [5.74, 6) is -0.256. The van der Waals surface area contributed by atoms with Crippen molar-refractivity contribution in [3.63, 3.8) is 0 Å². The van der Waals surface area contributed by atoms with Gasteiger partial charge in [0.1, 0.15) is 11.6 Å². The van der Waals surface area contributed by atoms with Crippen molar-refractivity contribution >= 4 is 5.91 Å². The van der Waals surface area contributed by atoms with E-state index in [0.717, 1.165) is 12.8 Å². The van der Waals surface area contributed by atoms with Gasteiger partial charge in [0, 0.05) is 31.2 Å². The largest absolute Gasteiger partial charge is 0.484 e. The molecule has 2 aromatic carbocycles. The molecule has 1 aliphatic heterocycles. The first-order valence-electron chi connectivity index (χ1n) is 8.46. The van der Waals surface area contributed by atoms with Crippen molar-refractivity contribution in [1.82, 2.24) is 5.32 Å². The summed E-state index contributed by atoms with van der Waals surface area (Å²) in [6.07, 6.45) is 1.73. The van der Waals surface area contributed by atoms with E-state index in [2.05, 4.69) is 17.4 Å². The highest BCUT2D eigenvalue weighted by Gasteiger charge is 2.34. The number of hydrogen-bond acceptors (Lipinski definition) is 3. The molecule has 0 bridgehead atoms. The number of halogens is 1. The Morgan fingerprint density at radius 2 is 1.88 bits per heavy atom. The summed E-state index contributed by atoms with van der Waals surface area (Å²) >= 11 is 0. The van der Waals surface area contributed by atoms with Crippen molar-refractivity contribution in [3.05, 3.63) is 66.0 Å². The standard InChI is InChI=1S/C20H22FNO3/c21-17-7-4-8-18(13-17)25-14-19(23)22-15-20(9-11-24-12-10-20)16-5-2-1-3-6-16/h1-8,13H,9-12,14-15H2,(H,22,23). The van der Waals surface area contributed by atoms with Crippen LogP contribution in [0.3, 0.4) is 0 Å². The van der Waals surface area contributed by atoms with Crippen LogP contribution in [0.5, 0.6) is 5.75 Å². The number of carbonyl (C=O) groups excluding carboxylic acids is 1. The lowest BCUT2D eigenvalue weighted by Crippen LogP contribution is -2.45. The Kier molecular flexibility index (Phi) is 5.66. The molecule has 0 aromatic heterocycles. The summed E-state index contributed by atoms with van der Waals surface area (Å²) < 4.78 is 24.0. The van der Waals surface area contributed by atoms with Crippen LogP contribution in [-0.2, 0) is 14.9 Å². The number of amides is 1. The first-order chi connectivity index (χ1) is 12.2. The van der Waals surface area contributed by atoms with E-state index in [-0.39, 0.29) is 23.7 Å². The Bertz CT molecular complexity index is 699. The molecule has 1 amide bonds. The molecule has 1 fully saturated rings. The highest BCUT2D eigenvalue weighted by Crippen LogP contribution is 2.34. The molecular formula is C20H22FNO3. The van der Waals surface area contributed by atoms with E-state index in [4.69, 9.17) is 9.47 Å². The van der Waals surface area contributed by atoms with Crippen molar-refractivity contribution in [2.24, 2.45) is 0 Å². The maximum atomic E-state index is 13.1. The predicted octanol–water partition coefficient (Wildman–Crippen LogP) is 3.07. The van der Waals surface area contributed by atoms with Gasteiger partial charge in [-0.3, -0.25) is 4.79 Å². The summed E-state index contributed by atoms with van der Waals surface area (Å²) in [7, 11) is 0. The lowest BCUT2D eigenvalue weighted by atomic mass is 9.74. The molecule has 1 aliphatic rings. The molecule has 0 atom stereocenters. The lowest BCUT2D eigenvalue weighted by Gasteiger charge is -2.38. The Labute approximate surface area is 147 Å². The molecule has 1 N–H and O–H groups in total. The Balaban J connectivity index is 1.58. The van der Waals surface area contributed by atoms with Crippen molar-refractivity contribution in [1.29, 1.82) is 0 Å². The van der Waals surface area contributed by atoms with E-state index in [9.17, 15) is 9.18 Å². The Morgan fingerprint density at radius 1 is 1.12 bits per heavy atom. The van der Waals surface area contributed by atoms with E-state index < -0.39 is 0 Å². The summed E-state index contributed by atoms with van der Waals surface area (Å²) in [4.78, 5) is 12.2. The molecule has 5 heteroatoms. The van der Waals surface area contributed by atoms with Gasteiger partial charge in [-0.1, -0.05) is 36.4 Å². The molecule has 0 unspecified atom stereocenters. The summed E-state index contributed by atoms with van der Waals surface area (Å²) in [5, 5.41) is 2.96. The summed E-state index contributed by atoms with van der Waals surface area (Å²) in [6, 6.07) is 16.0. The fraction of sp³-hybridized carbons (Fsp3) is 0.350. The van der Waals surface area contributed by atoms with Gasteiger partial charge in [0.25, 0.3) is 5.91 Å². The minimum absolute atomic E-state index is 0.117. The second-order valence-corrected chi connectivity index (χ2v) is 6.28. The molecule has 0 spiro atoms. The van der Waals surface area contributed by atoms with E-state index >= 15 is 0 Å². The van der Waals surface area contributed by atoms with Gasteiger partial charge < -0.3 is 14.8 Å². The van der Waals surface area contributed by atoms with Gasteiger partial charge in [-0.05, 0) is 30.5 Å². The van der Waals surface area contributed by atoms with Crippen LogP contribution in [0.4, 0.5) is 4.39 Å². The van der Waals surface area contributed by atoms with E-state index in [0.29, 0.717) is 25.5 Å². The van der Waals surface area contributed by atoms with Gasteiger partial charge >= 0.3 is 0 Å². The van der Waals surface area contributed by atoms with Gasteiger partial charge in [0.2, 0.25) is 0 Å². The molecule has 1 saturated heterocycles. The van der Waals surface area contributed by atoms with Crippen molar-refractivity contribution in [2.45, 2.75) is 18.3 Å². The average molecular weight is 343 g/mol. The van der Waals surface area contributed by atoms with Crippen LogP contribution in [0.15, 0.2) is 54.6 Å². The Morgan fingerprint density at radius 3 is 2.60 bits per heavy atom. The molecule has 132 valence electrons. The fourth-order valence-corrected chi connectivity index (χ4v) is 3.15. The second kappa shape index (κ2) is 8.12. The van der Waals surface area contributed by atoms with Gasteiger partial charge in [-0.25, -0.2) is 4.39 Å². The van der Waals surface area contributed by atoms with Gasteiger partial charge in [-0.15, -0.1) is 0 Å². The van der Waals surface area contributed by atoms with E-state index in [1.165, 1.54) is 17.7 Å². The molecule has 0 saturated carbocycles. The van der Waals surface area contributed by atoms with Crippen molar-refractivity contribution in [2.75, 3.05) is 26.4 Å². The predicted molar refractivity (Wildman–Crippen MR) is 93.1 cm³/mol. The maximum Gasteiger partial charge on any atom is 0.257 e. The number of benzene rings is 2. The number of nitrogens with one attached hydrogen (secondary N) is 1.